The molecule has 21 heavy (non-hydrogen) atoms. The molecule has 122 valence electrons. The maximum absolute atomic E-state index is 11.7. The maximum atomic E-state index is 11.7. The number of nitrogens with one attached hydrogen (secondary N) is 2. The molecule has 6 heteroatoms. The third kappa shape index (κ3) is 7.90. The Hall–Kier alpha value is -1.30. The third-order valence-electron chi connectivity index (χ3n) is 4.10. The van der Waals surface area contributed by atoms with Crippen molar-refractivity contribution in [3.8, 4) is 0 Å². The Labute approximate surface area is 127 Å². The second kappa shape index (κ2) is 9.60. The number of carbonyl (C=O) groups is 2. The van der Waals surface area contributed by atoms with Gasteiger partial charge in [0.25, 0.3) is 0 Å². The van der Waals surface area contributed by atoms with Gasteiger partial charge >= 0.3 is 12.0 Å². The van der Waals surface area contributed by atoms with Crippen molar-refractivity contribution in [3.63, 3.8) is 0 Å². The molecule has 3 N–H and O–H groups in total. The van der Waals surface area contributed by atoms with Crippen LogP contribution in [-0.2, 0) is 4.79 Å². The lowest BCUT2D eigenvalue weighted by Crippen LogP contribution is -2.44. The second-order valence-corrected chi connectivity index (χ2v) is 6.06. The molecule has 1 heterocycles. The molecule has 1 aliphatic rings. The number of carbonyl (C=O) groups excluding carboxylic acids is 1. The van der Waals surface area contributed by atoms with E-state index in [4.69, 9.17) is 5.11 Å². The molecule has 0 bridgehead atoms. The van der Waals surface area contributed by atoms with Crippen LogP contribution in [0.3, 0.4) is 0 Å². The van der Waals surface area contributed by atoms with Gasteiger partial charge < -0.3 is 15.7 Å². The minimum absolute atomic E-state index is 0.133. The first-order valence-corrected chi connectivity index (χ1v) is 7.96. The van der Waals surface area contributed by atoms with Crippen LogP contribution in [0.15, 0.2) is 0 Å². The maximum Gasteiger partial charge on any atom is 0.314 e. The van der Waals surface area contributed by atoms with Crippen LogP contribution in [0.1, 0.15) is 46.0 Å². The van der Waals surface area contributed by atoms with Gasteiger partial charge in [-0.15, -0.1) is 0 Å². The Bertz CT molecular complexity index is 330. The van der Waals surface area contributed by atoms with Crippen molar-refractivity contribution in [2.75, 3.05) is 26.2 Å². The molecule has 6 nitrogen and oxygen atoms in total. The van der Waals surface area contributed by atoms with Gasteiger partial charge in [0.2, 0.25) is 0 Å². The van der Waals surface area contributed by atoms with Crippen LogP contribution in [0.25, 0.3) is 0 Å². The number of carboxylic acid groups (broad SMARTS) is 1. The van der Waals surface area contributed by atoms with E-state index in [2.05, 4.69) is 22.5 Å². The van der Waals surface area contributed by atoms with Gasteiger partial charge in [-0.05, 0) is 51.6 Å². The highest BCUT2D eigenvalue weighted by atomic mass is 16.4. The molecule has 0 aromatic rings. The number of aliphatic carboxylic acids is 1. The number of likely N-dealkylation sites (tertiary alicyclic amines) is 1. The van der Waals surface area contributed by atoms with Crippen molar-refractivity contribution in [2.24, 2.45) is 5.92 Å². The summed E-state index contributed by atoms with van der Waals surface area (Å²) in [6.07, 6.45) is 4.17. The number of carboxylic acids is 1. The Balaban J connectivity index is 2.04. The summed E-state index contributed by atoms with van der Waals surface area (Å²) in [5.41, 5.74) is 0. The molecule has 2 unspecified atom stereocenters. The van der Waals surface area contributed by atoms with Gasteiger partial charge in [-0.3, -0.25) is 9.69 Å². The lowest BCUT2D eigenvalue weighted by molar-refractivity contribution is -0.137. The van der Waals surface area contributed by atoms with Gasteiger partial charge in [-0.25, -0.2) is 4.79 Å². The molecule has 0 saturated carbocycles. The van der Waals surface area contributed by atoms with Crippen LogP contribution in [0.4, 0.5) is 4.79 Å². The fourth-order valence-electron chi connectivity index (χ4n) is 2.56. The molecule has 1 rings (SSSR count). The van der Waals surface area contributed by atoms with Crippen LogP contribution in [0.5, 0.6) is 0 Å². The number of hydrogen-bond donors (Lipinski definition) is 3. The van der Waals surface area contributed by atoms with Gasteiger partial charge in [0, 0.05) is 25.6 Å². The average Bonchev–Trinajstić information content (AvgIpc) is 2.96. The topological polar surface area (TPSA) is 81.7 Å². The zero-order valence-corrected chi connectivity index (χ0v) is 13.2. The molecule has 1 aliphatic heterocycles. The minimum atomic E-state index is -0.761. The molecular weight excluding hydrogens is 270 g/mol. The minimum Gasteiger partial charge on any atom is -0.481 e. The molecule has 0 spiro atoms. The Morgan fingerprint density at radius 3 is 2.43 bits per heavy atom. The van der Waals surface area contributed by atoms with E-state index in [1.54, 1.807) is 0 Å². The quantitative estimate of drug-likeness (QED) is 0.605. The second-order valence-electron chi connectivity index (χ2n) is 6.06. The van der Waals surface area contributed by atoms with E-state index in [0.717, 1.165) is 19.5 Å². The van der Waals surface area contributed by atoms with E-state index >= 15 is 0 Å². The molecule has 1 fully saturated rings. The van der Waals surface area contributed by atoms with Gasteiger partial charge in [-0.1, -0.05) is 6.92 Å². The van der Waals surface area contributed by atoms with Gasteiger partial charge in [-0.2, -0.15) is 0 Å². The normalized spacial score (nSPS) is 18.2. The standard InChI is InChI=1S/C15H29N3O3/c1-12(5-6-14(19)20)7-8-16-15(21)17-11-13(2)18-9-3-4-10-18/h12-13H,3-11H2,1-2H3,(H,19,20)(H2,16,17,21). The van der Waals surface area contributed by atoms with Crippen LogP contribution in [0.2, 0.25) is 0 Å². The third-order valence-corrected chi connectivity index (χ3v) is 4.10. The smallest absolute Gasteiger partial charge is 0.314 e. The number of nitrogens with zero attached hydrogens (tertiary/aromatic N) is 1. The highest BCUT2D eigenvalue weighted by Gasteiger charge is 2.18. The molecule has 0 aromatic heterocycles. The van der Waals surface area contributed by atoms with Crippen molar-refractivity contribution in [1.29, 1.82) is 0 Å². The summed E-state index contributed by atoms with van der Waals surface area (Å²) >= 11 is 0. The fourth-order valence-corrected chi connectivity index (χ4v) is 2.56. The Morgan fingerprint density at radius 2 is 1.81 bits per heavy atom. The summed E-state index contributed by atoms with van der Waals surface area (Å²) < 4.78 is 0. The largest absolute Gasteiger partial charge is 0.481 e. The first kappa shape index (κ1) is 17.8. The van der Waals surface area contributed by atoms with Crippen molar-refractivity contribution >= 4 is 12.0 Å². The number of rotatable bonds is 9. The fraction of sp³-hybridized carbons (Fsp3) is 0.867. The Kier molecular flexibility index (Phi) is 8.12. The molecular formula is C15H29N3O3. The van der Waals surface area contributed by atoms with Crippen LogP contribution in [-0.4, -0.2) is 54.2 Å². The first-order valence-electron chi connectivity index (χ1n) is 7.96. The Morgan fingerprint density at radius 1 is 1.14 bits per heavy atom. The van der Waals surface area contributed by atoms with E-state index in [1.807, 2.05) is 6.92 Å². The van der Waals surface area contributed by atoms with Crippen molar-refractivity contribution < 1.29 is 14.7 Å². The predicted octanol–water partition coefficient (Wildman–Crippen LogP) is 1.66. The number of amides is 2. The molecule has 0 radical (unpaired) electrons. The number of urea groups is 1. The van der Waals surface area contributed by atoms with Crippen LogP contribution in [0, 0.1) is 5.92 Å². The van der Waals surface area contributed by atoms with Gasteiger partial charge in [0.05, 0.1) is 0 Å². The summed E-state index contributed by atoms with van der Waals surface area (Å²) in [5, 5.41) is 14.3. The summed E-state index contributed by atoms with van der Waals surface area (Å²) in [6.45, 7) is 7.67. The molecule has 0 aromatic carbocycles. The summed E-state index contributed by atoms with van der Waals surface area (Å²) in [6, 6.07) is 0.249. The summed E-state index contributed by atoms with van der Waals surface area (Å²) in [4.78, 5) is 24.5. The van der Waals surface area contributed by atoms with Gasteiger partial charge in [0.15, 0.2) is 0 Å². The molecule has 2 atom stereocenters. The zero-order chi connectivity index (χ0) is 15.7. The highest BCUT2D eigenvalue weighted by molar-refractivity contribution is 5.73. The first-order chi connectivity index (χ1) is 9.99. The van der Waals surface area contributed by atoms with E-state index in [-0.39, 0.29) is 12.5 Å². The van der Waals surface area contributed by atoms with E-state index < -0.39 is 5.97 Å². The van der Waals surface area contributed by atoms with Gasteiger partial charge in [0.1, 0.15) is 0 Å². The summed E-state index contributed by atoms with van der Waals surface area (Å²) in [7, 11) is 0. The molecule has 1 saturated heterocycles. The van der Waals surface area contributed by atoms with Crippen molar-refractivity contribution in [1.82, 2.24) is 15.5 Å². The van der Waals surface area contributed by atoms with E-state index in [9.17, 15) is 9.59 Å². The highest BCUT2D eigenvalue weighted by Crippen LogP contribution is 2.11. The monoisotopic (exact) mass is 299 g/mol. The SMILES string of the molecule is CC(CCNC(=O)NCC(C)N1CCCC1)CCC(=O)O. The predicted molar refractivity (Wildman–Crippen MR) is 82.3 cm³/mol. The molecule has 0 aliphatic carbocycles. The number of hydrogen-bond acceptors (Lipinski definition) is 3. The van der Waals surface area contributed by atoms with Crippen LogP contribution >= 0.6 is 0 Å². The average molecular weight is 299 g/mol. The lowest BCUT2D eigenvalue weighted by atomic mass is 10.0. The van der Waals surface area contributed by atoms with Crippen molar-refractivity contribution in [3.05, 3.63) is 0 Å². The summed E-state index contributed by atoms with van der Waals surface area (Å²) in [5.74, 6) is -0.451. The molecule has 2 amide bonds. The van der Waals surface area contributed by atoms with Crippen molar-refractivity contribution in [2.45, 2.75) is 52.0 Å². The van der Waals surface area contributed by atoms with E-state index in [0.29, 0.717) is 31.5 Å². The van der Waals surface area contributed by atoms with Crippen LogP contribution < -0.4 is 10.6 Å². The lowest BCUT2D eigenvalue weighted by Gasteiger charge is -2.23. The zero-order valence-electron chi connectivity index (χ0n) is 13.2. The van der Waals surface area contributed by atoms with E-state index in [1.165, 1.54) is 12.8 Å².